The van der Waals surface area contributed by atoms with E-state index in [1.807, 2.05) is 26.8 Å². The third kappa shape index (κ3) is 2.00. The highest BCUT2D eigenvalue weighted by atomic mass is 16.1. The van der Waals surface area contributed by atoms with E-state index in [1.165, 1.54) is 6.08 Å². The molecule has 0 amide bonds. The van der Waals surface area contributed by atoms with Gasteiger partial charge in [-0.3, -0.25) is 4.79 Å². The highest BCUT2D eigenvalue weighted by molar-refractivity contribution is 6.09. The average Bonchev–Trinajstić information content (AvgIpc) is 2.58. The summed E-state index contributed by atoms with van der Waals surface area (Å²) in [7, 11) is 0. The molecule has 3 rings (SSSR count). The number of fused-ring (bicyclic) bond motifs is 3. The molecule has 4 nitrogen and oxygen atoms in total. The van der Waals surface area contributed by atoms with Gasteiger partial charge in [0, 0.05) is 10.8 Å². The fraction of sp³-hybridized carbons (Fsp3) is 0.429. The zero-order chi connectivity index (χ0) is 18.6. The highest BCUT2D eigenvalue weighted by Crippen LogP contribution is 2.63. The van der Waals surface area contributed by atoms with Crippen molar-refractivity contribution in [3.8, 4) is 18.4 Å². The predicted octanol–water partition coefficient (Wildman–Crippen LogP) is 3.39. The second-order valence-electron chi connectivity index (χ2n) is 7.77. The summed E-state index contributed by atoms with van der Waals surface area (Å²) in [4.78, 5) is 28.5. The van der Waals surface area contributed by atoms with Crippen LogP contribution in [-0.4, -0.2) is 11.6 Å². The Bertz CT molecular complexity index is 926. The normalized spacial score (nSPS) is 35.7. The number of terminal acetylenes is 1. The molecule has 0 bridgehead atoms. The van der Waals surface area contributed by atoms with E-state index < -0.39 is 16.2 Å². The molecule has 3 aliphatic rings. The van der Waals surface area contributed by atoms with Crippen molar-refractivity contribution in [2.45, 2.75) is 33.6 Å². The molecule has 0 radical (unpaired) electrons. The lowest BCUT2D eigenvalue weighted by molar-refractivity contribution is -0.130. The molecule has 25 heavy (non-hydrogen) atoms. The predicted molar refractivity (Wildman–Crippen MR) is 92.4 cm³/mol. The Balaban J connectivity index is 2.31. The minimum absolute atomic E-state index is 0.0595. The minimum Gasteiger partial charge on any atom is -0.307 e. The van der Waals surface area contributed by atoms with E-state index in [0.717, 1.165) is 5.57 Å². The summed E-state index contributed by atoms with van der Waals surface area (Å²) in [5.74, 6) is 2.21. The van der Waals surface area contributed by atoms with E-state index in [1.54, 1.807) is 12.2 Å². The van der Waals surface area contributed by atoms with Crippen LogP contribution in [0.15, 0.2) is 35.1 Å². The van der Waals surface area contributed by atoms with Crippen molar-refractivity contribution in [1.82, 2.24) is 0 Å². The van der Waals surface area contributed by atoms with Gasteiger partial charge in [-0.2, -0.15) is 5.26 Å². The van der Waals surface area contributed by atoms with Crippen molar-refractivity contribution < 1.29 is 9.59 Å². The van der Waals surface area contributed by atoms with Crippen LogP contribution in [0.3, 0.4) is 0 Å². The quantitative estimate of drug-likeness (QED) is 0.505. The molecule has 0 heterocycles. The number of Topliss-reactive ketones (excluding diaryl/α,β-unsaturated/α-hetero) is 1. The van der Waals surface area contributed by atoms with Gasteiger partial charge in [0.05, 0.1) is 17.6 Å². The number of carbonyl (C=O) groups is 2. The lowest BCUT2D eigenvalue weighted by atomic mass is 9.46. The maximum absolute atomic E-state index is 12.7. The van der Waals surface area contributed by atoms with Crippen molar-refractivity contribution in [2.75, 3.05) is 0 Å². The minimum atomic E-state index is -0.815. The maximum Gasteiger partial charge on any atom is 0.226 e. The van der Waals surface area contributed by atoms with Crippen molar-refractivity contribution in [2.24, 2.45) is 22.2 Å². The maximum atomic E-state index is 12.7. The van der Waals surface area contributed by atoms with Crippen LogP contribution in [0, 0.1) is 52.4 Å². The number of hydrogen-bond donors (Lipinski definition) is 0. The van der Waals surface area contributed by atoms with Gasteiger partial charge in [-0.1, -0.05) is 32.8 Å². The molecule has 3 unspecified atom stereocenters. The van der Waals surface area contributed by atoms with Gasteiger partial charge in [0.2, 0.25) is 5.70 Å². The van der Waals surface area contributed by atoms with Gasteiger partial charge in [-0.25, -0.2) is 4.85 Å². The SMILES string of the molecule is [C-]#[N+]C1=CC2(C)C3=CC(=O)C(C#N)=CC3(C#C)CCC2C(C)(C)C1=O. The van der Waals surface area contributed by atoms with Crippen molar-refractivity contribution >= 4 is 11.6 Å². The molecule has 1 fully saturated rings. The molecule has 0 spiro atoms. The molecule has 0 aromatic heterocycles. The second kappa shape index (κ2) is 5.05. The van der Waals surface area contributed by atoms with E-state index in [9.17, 15) is 14.9 Å². The smallest absolute Gasteiger partial charge is 0.226 e. The van der Waals surface area contributed by atoms with Gasteiger partial charge in [0.15, 0.2) is 11.6 Å². The number of ketones is 2. The van der Waals surface area contributed by atoms with Crippen molar-refractivity contribution in [3.63, 3.8) is 0 Å². The molecular weight excluding hydrogens is 312 g/mol. The average molecular weight is 330 g/mol. The van der Waals surface area contributed by atoms with Crippen LogP contribution in [-0.2, 0) is 9.59 Å². The van der Waals surface area contributed by atoms with Crippen LogP contribution in [0.25, 0.3) is 4.85 Å². The molecule has 0 aromatic rings. The third-order valence-corrected chi connectivity index (χ3v) is 6.17. The first-order valence-electron chi connectivity index (χ1n) is 8.19. The first-order chi connectivity index (χ1) is 11.7. The van der Waals surface area contributed by atoms with Crippen LogP contribution in [0.1, 0.15) is 33.6 Å². The van der Waals surface area contributed by atoms with Crippen LogP contribution < -0.4 is 0 Å². The van der Waals surface area contributed by atoms with E-state index in [4.69, 9.17) is 13.0 Å². The number of hydrogen-bond acceptors (Lipinski definition) is 3. The van der Waals surface area contributed by atoms with Crippen LogP contribution in [0.4, 0.5) is 0 Å². The standard InChI is InChI=1S/C21H18N2O2/c1-6-21-8-7-16-19(2,3)18(25)14(23-5)11-20(16,4)17(21)9-15(24)13(10-21)12-22/h1,9-11,16H,7-8H2,2-4H3. The van der Waals surface area contributed by atoms with Crippen molar-refractivity contribution in [3.05, 3.63) is 46.5 Å². The van der Waals surface area contributed by atoms with Crippen LogP contribution >= 0.6 is 0 Å². The summed E-state index contributed by atoms with van der Waals surface area (Å²) < 4.78 is 0. The third-order valence-electron chi connectivity index (χ3n) is 6.17. The molecule has 124 valence electrons. The first kappa shape index (κ1) is 16.9. The van der Waals surface area contributed by atoms with Gasteiger partial charge in [-0.15, -0.1) is 6.42 Å². The molecule has 1 saturated carbocycles. The summed E-state index contributed by atoms with van der Waals surface area (Å²) >= 11 is 0. The molecule has 0 aromatic carbocycles. The van der Waals surface area contributed by atoms with E-state index in [-0.39, 0.29) is 28.8 Å². The molecule has 0 aliphatic heterocycles. The number of nitrogens with zero attached hydrogens (tertiary/aromatic N) is 2. The Hall–Kier alpha value is -2.90. The largest absolute Gasteiger partial charge is 0.307 e. The Labute approximate surface area is 147 Å². The van der Waals surface area contributed by atoms with Gasteiger partial charge in [0.1, 0.15) is 6.07 Å². The van der Waals surface area contributed by atoms with E-state index in [2.05, 4.69) is 10.8 Å². The van der Waals surface area contributed by atoms with Crippen LogP contribution in [0.5, 0.6) is 0 Å². The fourth-order valence-corrected chi connectivity index (χ4v) is 4.92. The number of rotatable bonds is 0. The van der Waals surface area contributed by atoms with E-state index >= 15 is 0 Å². The van der Waals surface area contributed by atoms with Crippen LogP contribution in [0.2, 0.25) is 0 Å². The molecule has 4 heteroatoms. The summed E-state index contributed by atoms with van der Waals surface area (Å²) in [6.07, 6.45) is 11.9. The Morgan fingerprint density at radius 3 is 2.56 bits per heavy atom. The molecule has 0 N–H and O–H groups in total. The number of nitriles is 1. The Morgan fingerprint density at radius 2 is 2.00 bits per heavy atom. The van der Waals surface area contributed by atoms with Gasteiger partial charge in [0.25, 0.3) is 0 Å². The summed E-state index contributed by atoms with van der Waals surface area (Å²) in [6, 6.07) is 1.93. The lowest BCUT2D eigenvalue weighted by Crippen LogP contribution is -2.53. The number of carbonyl (C=O) groups excluding carboxylic acids is 2. The zero-order valence-electron chi connectivity index (χ0n) is 14.5. The van der Waals surface area contributed by atoms with Gasteiger partial charge in [-0.05, 0) is 36.5 Å². The highest BCUT2D eigenvalue weighted by Gasteiger charge is 2.59. The van der Waals surface area contributed by atoms with Gasteiger partial charge < -0.3 is 4.79 Å². The molecule has 3 aliphatic carbocycles. The topological polar surface area (TPSA) is 62.3 Å². The monoisotopic (exact) mass is 330 g/mol. The Morgan fingerprint density at radius 1 is 1.32 bits per heavy atom. The second-order valence-corrected chi connectivity index (χ2v) is 7.77. The van der Waals surface area contributed by atoms with Gasteiger partial charge >= 0.3 is 0 Å². The summed E-state index contributed by atoms with van der Waals surface area (Å²) in [6.45, 7) is 13.1. The van der Waals surface area contributed by atoms with E-state index in [0.29, 0.717) is 12.8 Å². The lowest BCUT2D eigenvalue weighted by Gasteiger charge is -2.56. The molecule has 3 atom stereocenters. The fourth-order valence-electron chi connectivity index (χ4n) is 4.92. The molecular formula is C21H18N2O2. The molecule has 0 saturated heterocycles. The number of allylic oxidation sites excluding steroid dienone is 6. The summed E-state index contributed by atoms with van der Waals surface area (Å²) in [5.41, 5.74) is -1.32. The summed E-state index contributed by atoms with van der Waals surface area (Å²) in [5, 5.41) is 9.22. The zero-order valence-corrected chi connectivity index (χ0v) is 14.5. The first-order valence-corrected chi connectivity index (χ1v) is 8.19. The van der Waals surface area contributed by atoms with Crippen molar-refractivity contribution in [1.29, 1.82) is 5.26 Å². The Kier molecular flexibility index (Phi) is 3.42.